The molecule has 1 aromatic carbocycles. The van der Waals surface area contributed by atoms with Gasteiger partial charge >= 0.3 is 0 Å². The van der Waals surface area contributed by atoms with Gasteiger partial charge in [0, 0.05) is 21.4 Å². The van der Waals surface area contributed by atoms with Gasteiger partial charge < -0.3 is 4.55 Å². The Morgan fingerprint density at radius 2 is 2.18 bits per heavy atom. The highest BCUT2D eigenvalue weighted by atomic mass is 79.9. The van der Waals surface area contributed by atoms with Crippen LogP contribution >= 0.6 is 28.0 Å². The predicted octanol–water partition coefficient (Wildman–Crippen LogP) is 2.89. The lowest BCUT2D eigenvalue weighted by atomic mass is 10.2. The molecule has 0 amide bonds. The van der Waals surface area contributed by atoms with E-state index in [2.05, 4.69) is 15.9 Å². The summed E-state index contributed by atoms with van der Waals surface area (Å²) in [5.41, 5.74) is 0.538. The normalized spacial score (nSPS) is 9.18. The van der Waals surface area contributed by atoms with Crippen LogP contribution in [0.1, 0.15) is 5.56 Å². The Bertz CT molecular complexity index is 308. The van der Waals surface area contributed by atoms with Crippen LogP contribution in [-0.2, 0) is 0 Å². The smallest absolute Gasteiger partial charge is 0.0992 e. The van der Waals surface area contributed by atoms with Gasteiger partial charge in [-0.3, -0.25) is 0 Å². The lowest BCUT2D eigenvalue weighted by Crippen LogP contribution is -1.76. The number of hydrogen-bond donors (Lipinski definition) is 1. The first-order chi connectivity index (χ1) is 5.26. The van der Waals surface area contributed by atoms with Gasteiger partial charge in [0.15, 0.2) is 0 Å². The molecular weight excluding hydrogens is 226 g/mol. The minimum Gasteiger partial charge on any atom is -0.325 e. The van der Waals surface area contributed by atoms with Crippen molar-refractivity contribution in [3.63, 3.8) is 0 Å². The van der Waals surface area contributed by atoms with Crippen molar-refractivity contribution < 1.29 is 4.55 Å². The first kappa shape index (κ1) is 8.60. The third-order valence-electron chi connectivity index (χ3n) is 1.11. The van der Waals surface area contributed by atoms with Crippen LogP contribution in [0, 0.1) is 11.3 Å². The second-order valence-corrected chi connectivity index (χ2v) is 3.45. The first-order valence-electron chi connectivity index (χ1n) is 2.78. The maximum absolute atomic E-state index is 8.67. The van der Waals surface area contributed by atoms with Gasteiger partial charge in [-0.2, -0.15) is 5.26 Å². The standard InChI is InChI=1S/C7H4BrNOS/c8-6-1-5(4-9)2-7(3-6)11-10/h1-3,10H. The minimum atomic E-state index is 0.538. The van der Waals surface area contributed by atoms with E-state index in [0.29, 0.717) is 22.5 Å². The summed E-state index contributed by atoms with van der Waals surface area (Å²) in [6.07, 6.45) is 0. The molecule has 0 aliphatic carbocycles. The van der Waals surface area contributed by atoms with Crippen molar-refractivity contribution in [2.24, 2.45) is 0 Å². The zero-order valence-corrected chi connectivity index (χ0v) is 7.82. The van der Waals surface area contributed by atoms with Crippen LogP contribution in [-0.4, -0.2) is 4.55 Å². The van der Waals surface area contributed by atoms with E-state index in [1.807, 2.05) is 6.07 Å². The SMILES string of the molecule is N#Cc1cc(Br)cc(SO)c1. The van der Waals surface area contributed by atoms with Gasteiger partial charge in [0.25, 0.3) is 0 Å². The molecule has 0 atom stereocenters. The fraction of sp³-hybridized carbons (Fsp3) is 0. The second-order valence-electron chi connectivity index (χ2n) is 1.88. The summed E-state index contributed by atoms with van der Waals surface area (Å²) in [6, 6.07) is 7.04. The average Bonchev–Trinajstić information content (AvgIpc) is 2.03. The Hall–Kier alpha value is -0.500. The van der Waals surface area contributed by atoms with E-state index in [-0.39, 0.29) is 0 Å². The Kier molecular flexibility index (Phi) is 2.94. The van der Waals surface area contributed by atoms with E-state index < -0.39 is 0 Å². The molecule has 0 bridgehead atoms. The lowest BCUT2D eigenvalue weighted by Gasteiger charge is -1.95. The first-order valence-corrected chi connectivity index (χ1v) is 4.35. The molecule has 4 heteroatoms. The summed E-state index contributed by atoms with van der Waals surface area (Å²) < 4.78 is 9.47. The number of halogens is 1. The zero-order chi connectivity index (χ0) is 8.27. The fourth-order valence-corrected chi connectivity index (χ4v) is 1.68. The van der Waals surface area contributed by atoms with Crippen molar-refractivity contribution in [2.45, 2.75) is 4.90 Å². The molecule has 1 N–H and O–H groups in total. The molecule has 0 fully saturated rings. The van der Waals surface area contributed by atoms with Crippen molar-refractivity contribution in [3.8, 4) is 6.07 Å². The van der Waals surface area contributed by atoms with Crippen LogP contribution in [0.15, 0.2) is 27.6 Å². The van der Waals surface area contributed by atoms with Crippen LogP contribution in [0.4, 0.5) is 0 Å². The van der Waals surface area contributed by atoms with Crippen LogP contribution in [0.5, 0.6) is 0 Å². The number of nitriles is 1. The summed E-state index contributed by atoms with van der Waals surface area (Å²) >= 11 is 3.85. The molecule has 0 aromatic heterocycles. The molecule has 0 saturated heterocycles. The highest BCUT2D eigenvalue weighted by Gasteiger charge is 1.97. The molecule has 1 rings (SSSR count). The highest BCUT2D eigenvalue weighted by molar-refractivity contribution is 9.10. The van der Waals surface area contributed by atoms with Crippen LogP contribution in [0.25, 0.3) is 0 Å². The van der Waals surface area contributed by atoms with Crippen molar-refractivity contribution in [1.29, 1.82) is 5.26 Å². The predicted molar refractivity (Wildman–Crippen MR) is 47.3 cm³/mol. The monoisotopic (exact) mass is 229 g/mol. The minimum absolute atomic E-state index is 0.538. The van der Waals surface area contributed by atoms with Crippen LogP contribution in [0.2, 0.25) is 0 Å². The molecule has 0 spiro atoms. The third kappa shape index (κ3) is 2.22. The second kappa shape index (κ2) is 3.77. The van der Waals surface area contributed by atoms with E-state index in [9.17, 15) is 0 Å². The number of hydrogen-bond acceptors (Lipinski definition) is 3. The van der Waals surface area contributed by atoms with E-state index in [1.54, 1.807) is 18.2 Å². The molecule has 0 radical (unpaired) electrons. The van der Waals surface area contributed by atoms with Crippen molar-refractivity contribution in [3.05, 3.63) is 28.2 Å². The fourth-order valence-electron chi connectivity index (χ4n) is 0.680. The largest absolute Gasteiger partial charge is 0.325 e. The topological polar surface area (TPSA) is 44.0 Å². The van der Waals surface area contributed by atoms with Gasteiger partial charge in [0.05, 0.1) is 11.6 Å². The lowest BCUT2D eigenvalue weighted by molar-refractivity contribution is 0.664. The summed E-state index contributed by atoms with van der Waals surface area (Å²) in [5, 5.41) is 8.52. The number of nitrogens with zero attached hydrogens (tertiary/aromatic N) is 1. The summed E-state index contributed by atoms with van der Waals surface area (Å²) in [7, 11) is 0. The van der Waals surface area contributed by atoms with E-state index in [4.69, 9.17) is 9.81 Å². The van der Waals surface area contributed by atoms with Crippen molar-refractivity contribution >= 4 is 28.0 Å². The van der Waals surface area contributed by atoms with E-state index in [1.165, 1.54) is 0 Å². The maximum atomic E-state index is 8.67. The number of rotatable bonds is 1. The van der Waals surface area contributed by atoms with Gasteiger partial charge in [-0.1, -0.05) is 15.9 Å². The molecule has 11 heavy (non-hydrogen) atoms. The summed E-state index contributed by atoms with van der Waals surface area (Å²) in [5.74, 6) is 0. The summed E-state index contributed by atoms with van der Waals surface area (Å²) in [6.45, 7) is 0. The molecule has 0 saturated carbocycles. The molecule has 56 valence electrons. The van der Waals surface area contributed by atoms with E-state index >= 15 is 0 Å². The quantitative estimate of drug-likeness (QED) is 0.754. The molecule has 2 nitrogen and oxygen atoms in total. The van der Waals surface area contributed by atoms with Gasteiger partial charge in [-0.15, -0.1) is 0 Å². The summed E-state index contributed by atoms with van der Waals surface area (Å²) in [4.78, 5) is 0.663. The molecule has 0 aliphatic heterocycles. The Morgan fingerprint density at radius 3 is 2.73 bits per heavy atom. The van der Waals surface area contributed by atoms with Gasteiger partial charge in [0.2, 0.25) is 0 Å². The molecule has 0 aliphatic rings. The van der Waals surface area contributed by atoms with Crippen LogP contribution in [0.3, 0.4) is 0 Å². The van der Waals surface area contributed by atoms with Crippen molar-refractivity contribution in [2.75, 3.05) is 0 Å². The third-order valence-corrected chi connectivity index (χ3v) is 2.01. The van der Waals surface area contributed by atoms with E-state index in [0.717, 1.165) is 4.47 Å². The zero-order valence-electron chi connectivity index (χ0n) is 5.41. The number of benzene rings is 1. The molecule has 1 aromatic rings. The van der Waals surface area contributed by atoms with Gasteiger partial charge in [0.1, 0.15) is 0 Å². The van der Waals surface area contributed by atoms with Gasteiger partial charge in [-0.05, 0) is 18.2 Å². The molecule has 0 unspecified atom stereocenters. The Labute approximate surface area is 77.2 Å². The van der Waals surface area contributed by atoms with Crippen LogP contribution < -0.4 is 0 Å². The maximum Gasteiger partial charge on any atom is 0.0992 e. The van der Waals surface area contributed by atoms with Gasteiger partial charge in [-0.25, -0.2) is 0 Å². The average molecular weight is 230 g/mol. The molecular formula is C7H4BrNOS. The molecule has 0 heterocycles. The highest BCUT2D eigenvalue weighted by Crippen LogP contribution is 2.21. The Balaban J connectivity index is 3.15. The van der Waals surface area contributed by atoms with Crippen molar-refractivity contribution in [1.82, 2.24) is 0 Å². The Morgan fingerprint density at radius 1 is 1.45 bits per heavy atom.